The molecular weight excluding hydrogens is 389 g/mol. The molecule has 1 aliphatic rings. The monoisotopic (exact) mass is 425 g/mol. The summed E-state index contributed by atoms with van der Waals surface area (Å²) in [4.78, 5) is 7.12. The molecule has 0 aromatic heterocycles. The number of ether oxygens (including phenoxy) is 1. The highest BCUT2D eigenvalue weighted by Crippen LogP contribution is 2.18. The molecule has 1 rings (SSSR count). The van der Waals surface area contributed by atoms with Crippen LogP contribution in [0.3, 0.4) is 0 Å². The van der Waals surface area contributed by atoms with Gasteiger partial charge in [-0.05, 0) is 38.0 Å². The smallest absolute Gasteiger partial charge is 0.193 e. The zero-order chi connectivity index (χ0) is 15.5. The lowest BCUT2D eigenvalue weighted by atomic mass is 9.96. The maximum atomic E-state index is 5.43. The summed E-state index contributed by atoms with van der Waals surface area (Å²) in [6.07, 6.45) is 6.11. The van der Waals surface area contributed by atoms with Gasteiger partial charge in [0.25, 0.3) is 0 Å². The van der Waals surface area contributed by atoms with E-state index in [0.29, 0.717) is 5.92 Å². The van der Waals surface area contributed by atoms with Crippen LogP contribution in [0.5, 0.6) is 0 Å². The standard InChI is InChI=1S/C17H35N3O.HI/c1-5-15(6-2)14-19-17(18-7-3)20(4)11-8-16-9-12-21-13-10-16;/h15-16H,5-14H2,1-4H3,(H,18,19);1H. The first kappa shape index (κ1) is 22.0. The molecule has 0 radical (unpaired) electrons. The topological polar surface area (TPSA) is 36.9 Å². The predicted octanol–water partition coefficient (Wildman–Crippen LogP) is 3.75. The lowest BCUT2D eigenvalue weighted by Crippen LogP contribution is -2.40. The molecule has 0 bridgehead atoms. The van der Waals surface area contributed by atoms with Crippen LogP contribution in [-0.4, -0.2) is 50.8 Å². The van der Waals surface area contributed by atoms with Crippen LogP contribution in [0.4, 0.5) is 0 Å². The molecule has 0 amide bonds. The molecule has 1 aliphatic heterocycles. The summed E-state index contributed by atoms with van der Waals surface area (Å²) in [5.41, 5.74) is 0. The van der Waals surface area contributed by atoms with Gasteiger partial charge in [-0.25, -0.2) is 0 Å². The molecule has 0 unspecified atom stereocenters. The van der Waals surface area contributed by atoms with E-state index in [-0.39, 0.29) is 24.0 Å². The van der Waals surface area contributed by atoms with E-state index < -0.39 is 0 Å². The minimum Gasteiger partial charge on any atom is -0.381 e. The second-order valence-electron chi connectivity index (χ2n) is 6.14. The Bertz CT molecular complexity index is 290. The first-order chi connectivity index (χ1) is 10.2. The van der Waals surface area contributed by atoms with Crippen LogP contribution < -0.4 is 5.32 Å². The zero-order valence-corrected chi connectivity index (χ0v) is 17.3. The van der Waals surface area contributed by atoms with Gasteiger partial charge in [0, 0.05) is 39.9 Å². The number of nitrogens with zero attached hydrogens (tertiary/aromatic N) is 2. The Labute approximate surface area is 154 Å². The van der Waals surface area contributed by atoms with E-state index in [4.69, 9.17) is 9.73 Å². The summed E-state index contributed by atoms with van der Waals surface area (Å²) < 4.78 is 5.43. The van der Waals surface area contributed by atoms with Gasteiger partial charge in [-0.3, -0.25) is 4.99 Å². The number of hydrogen-bond donors (Lipinski definition) is 1. The Kier molecular flexibility index (Phi) is 13.4. The van der Waals surface area contributed by atoms with Crippen molar-refractivity contribution in [1.29, 1.82) is 0 Å². The molecule has 22 heavy (non-hydrogen) atoms. The molecule has 132 valence electrons. The van der Waals surface area contributed by atoms with Crippen molar-refractivity contribution in [3.05, 3.63) is 0 Å². The summed E-state index contributed by atoms with van der Waals surface area (Å²) >= 11 is 0. The molecule has 0 spiro atoms. The number of hydrogen-bond acceptors (Lipinski definition) is 2. The van der Waals surface area contributed by atoms with Crippen LogP contribution in [0.25, 0.3) is 0 Å². The maximum absolute atomic E-state index is 5.43. The van der Waals surface area contributed by atoms with Gasteiger partial charge < -0.3 is 15.0 Å². The minimum absolute atomic E-state index is 0. The van der Waals surface area contributed by atoms with Crippen molar-refractivity contribution in [3.63, 3.8) is 0 Å². The van der Waals surface area contributed by atoms with Crippen LogP contribution in [0, 0.1) is 11.8 Å². The first-order valence-electron chi connectivity index (χ1n) is 8.78. The summed E-state index contributed by atoms with van der Waals surface area (Å²) in [7, 11) is 2.16. The van der Waals surface area contributed by atoms with Crippen LogP contribution in [0.15, 0.2) is 4.99 Å². The van der Waals surface area contributed by atoms with Crippen LogP contribution in [0.2, 0.25) is 0 Å². The number of rotatable bonds is 8. The van der Waals surface area contributed by atoms with Gasteiger partial charge in [0.05, 0.1) is 0 Å². The number of aliphatic imine (C=N–C) groups is 1. The van der Waals surface area contributed by atoms with Gasteiger partial charge >= 0.3 is 0 Å². The molecule has 1 N–H and O–H groups in total. The van der Waals surface area contributed by atoms with Crippen LogP contribution in [0.1, 0.15) is 52.9 Å². The van der Waals surface area contributed by atoms with E-state index in [9.17, 15) is 0 Å². The Hall–Kier alpha value is -0.0400. The normalized spacial score (nSPS) is 16.5. The SMILES string of the molecule is CCNC(=NCC(CC)CC)N(C)CCC1CCOCC1.I. The Balaban J connectivity index is 0.00000441. The number of nitrogens with one attached hydrogen (secondary N) is 1. The molecule has 1 heterocycles. The highest BCUT2D eigenvalue weighted by molar-refractivity contribution is 14.0. The second-order valence-corrected chi connectivity index (χ2v) is 6.14. The van der Waals surface area contributed by atoms with Gasteiger partial charge in [-0.15, -0.1) is 24.0 Å². The minimum atomic E-state index is 0. The average molecular weight is 425 g/mol. The predicted molar refractivity (Wildman–Crippen MR) is 106 cm³/mol. The van der Waals surface area contributed by atoms with Crippen molar-refractivity contribution in [2.45, 2.75) is 52.9 Å². The Morgan fingerprint density at radius 2 is 1.86 bits per heavy atom. The van der Waals surface area contributed by atoms with Crippen molar-refractivity contribution in [2.24, 2.45) is 16.8 Å². The molecule has 0 aromatic carbocycles. The van der Waals surface area contributed by atoms with Gasteiger partial charge in [-0.2, -0.15) is 0 Å². The highest BCUT2D eigenvalue weighted by Gasteiger charge is 2.15. The number of guanidine groups is 1. The van der Waals surface area contributed by atoms with E-state index in [1.807, 2.05) is 0 Å². The fourth-order valence-electron chi connectivity index (χ4n) is 2.75. The summed E-state index contributed by atoms with van der Waals surface area (Å²) in [6, 6.07) is 0. The van der Waals surface area contributed by atoms with E-state index in [2.05, 4.69) is 38.0 Å². The molecular formula is C17H36IN3O. The quantitative estimate of drug-likeness (QED) is 0.366. The third-order valence-electron chi connectivity index (χ3n) is 4.56. The first-order valence-corrected chi connectivity index (χ1v) is 8.78. The Morgan fingerprint density at radius 3 is 2.41 bits per heavy atom. The van der Waals surface area contributed by atoms with Crippen LogP contribution >= 0.6 is 24.0 Å². The second kappa shape index (κ2) is 13.4. The highest BCUT2D eigenvalue weighted by atomic mass is 127. The van der Waals surface area contributed by atoms with Crippen molar-refractivity contribution in [3.8, 4) is 0 Å². The third-order valence-corrected chi connectivity index (χ3v) is 4.56. The van der Waals surface area contributed by atoms with Gasteiger partial charge in [-0.1, -0.05) is 26.7 Å². The van der Waals surface area contributed by atoms with Crippen molar-refractivity contribution >= 4 is 29.9 Å². The fourth-order valence-corrected chi connectivity index (χ4v) is 2.75. The molecule has 5 heteroatoms. The van der Waals surface area contributed by atoms with Crippen molar-refractivity contribution < 1.29 is 4.74 Å². The summed E-state index contributed by atoms with van der Waals surface area (Å²) in [5.74, 6) is 2.60. The van der Waals surface area contributed by atoms with Gasteiger partial charge in [0.2, 0.25) is 0 Å². The molecule has 0 saturated carbocycles. The summed E-state index contributed by atoms with van der Waals surface area (Å²) in [5, 5.41) is 3.42. The lowest BCUT2D eigenvalue weighted by Gasteiger charge is -2.27. The fraction of sp³-hybridized carbons (Fsp3) is 0.941. The largest absolute Gasteiger partial charge is 0.381 e. The number of halogens is 1. The van der Waals surface area contributed by atoms with Gasteiger partial charge in [0.15, 0.2) is 5.96 Å². The van der Waals surface area contributed by atoms with E-state index in [1.54, 1.807) is 0 Å². The van der Waals surface area contributed by atoms with Gasteiger partial charge in [0.1, 0.15) is 0 Å². The third kappa shape index (κ3) is 8.56. The van der Waals surface area contributed by atoms with Crippen molar-refractivity contribution in [2.75, 3.05) is 39.9 Å². The van der Waals surface area contributed by atoms with Crippen LogP contribution in [-0.2, 0) is 4.74 Å². The maximum Gasteiger partial charge on any atom is 0.193 e. The van der Waals surface area contributed by atoms with E-state index in [1.165, 1.54) is 32.1 Å². The lowest BCUT2D eigenvalue weighted by molar-refractivity contribution is 0.0625. The average Bonchev–Trinajstić information content (AvgIpc) is 2.53. The van der Waals surface area contributed by atoms with Crippen molar-refractivity contribution in [1.82, 2.24) is 10.2 Å². The molecule has 0 aromatic rings. The molecule has 1 saturated heterocycles. The molecule has 0 aliphatic carbocycles. The molecule has 0 atom stereocenters. The molecule has 1 fully saturated rings. The zero-order valence-electron chi connectivity index (χ0n) is 14.9. The van der Waals surface area contributed by atoms with E-state index in [0.717, 1.165) is 44.7 Å². The molecule has 4 nitrogen and oxygen atoms in total. The summed E-state index contributed by atoms with van der Waals surface area (Å²) in [6.45, 7) is 11.5. The van der Waals surface area contributed by atoms with E-state index >= 15 is 0 Å². The Morgan fingerprint density at radius 1 is 1.23 bits per heavy atom.